The molecule has 2 rings (SSSR count). The highest BCUT2D eigenvalue weighted by atomic mass is 32.2. The van der Waals surface area contributed by atoms with Gasteiger partial charge in [-0.25, -0.2) is 13.1 Å². The number of aromatic nitrogens is 2. The lowest BCUT2D eigenvalue weighted by Crippen LogP contribution is -2.30. The Morgan fingerprint density at radius 2 is 2.00 bits per heavy atom. The summed E-state index contributed by atoms with van der Waals surface area (Å²) in [5, 5.41) is 12.4. The van der Waals surface area contributed by atoms with Gasteiger partial charge in [0.05, 0.1) is 18.2 Å². The van der Waals surface area contributed by atoms with Gasteiger partial charge in [0.2, 0.25) is 15.9 Å². The van der Waals surface area contributed by atoms with Gasteiger partial charge in [-0.3, -0.25) is 4.79 Å². The minimum atomic E-state index is -3.42. The van der Waals surface area contributed by atoms with Crippen molar-refractivity contribution in [2.24, 2.45) is 5.92 Å². The van der Waals surface area contributed by atoms with Gasteiger partial charge in [-0.1, -0.05) is 50.1 Å². The largest absolute Gasteiger partial charge is 0.481 e. The average Bonchev–Trinajstić information content (AvgIpc) is 3.09. The molecule has 1 aromatic heterocycles. The summed E-state index contributed by atoms with van der Waals surface area (Å²) < 4.78 is 31.3. The summed E-state index contributed by atoms with van der Waals surface area (Å²) in [6.45, 7) is 3.10. The smallest absolute Gasteiger partial charge is 0.304 e. The predicted molar refractivity (Wildman–Crippen MR) is 101 cm³/mol. The molecule has 0 aromatic carbocycles. The van der Waals surface area contributed by atoms with Crippen molar-refractivity contribution in [1.29, 1.82) is 0 Å². The van der Waals surface area contributed by atoms with E-state index in [0.717, 1.165) is 18.8 Å². The van der Waals surface area contributed by atoms with Crippen LogP contribution in [0.15, 0.2) is 4.52 Å². The van der Waals surface area contributed by atoms with E-state index in [-0.39, 0.29) is 30.6 Å². The molecule has 9 heteroatoms. The van der Waals surface area contributed by atoms with Crippen LogP contribution in [0.5, 0.6) is 0 Å². The third-order valence-corrected chi connectivity index (χ3v) is 6.98. The lowest BCUT2D eigenvalue weighted by Gasteiger charge is -2.21. The average molecular weight is 402 g/mol. The van der Waals surface area contributed by atoms with Gasteiger partial charge in [-0.15, -0.1) is 0 Å². The number of carbonyl (C=O) groups is 1. The zero-order valence-corrected chi connectivity index (χ0v) is 17.0. The monoisotopic (exact) mass is 401 g/mol. The maximum absolute atomic E-state index is 11.8. The maximum atomic E-state index is 11.8. The van der Waals surface area contributed by atoms with Crippen molar-refractivity contribution in [1.82, 2.24) is 14.9 Å². The van der Waals surface area contributed by atoms with Crippen molar-refractivity contribution in [3.63, 3.8) is 0 Å². The first-order chi connectivity index (χ1) is 12.8. The van der Waals surface area contributed by atoms with E-state index >= 15 is 0 Å². The molecule has 0 aliphatic heterocycles. The van der Waals surface area contributed by atoms with E-state index < -0.39 is 21.2 Å². The third-order valence-electron chi connectivity index (χ3n) is 5.20. The van der Waals surface area contributed by atoms with Crippen molar-refractivity contribution in [2.75, 3.05) is 0 Å². The van der Waals surface area contributed by atoms with E-state index in [4.69, 9.17) is 4.52 Å². The molecule has 8 nitrogen and oxygen atoms in total. The summed E-state index contributed by atoms with van der Waals surface area (Å²) in [5.41, 5.74) is 0. The molecule has 0 amide bonds. The normalized spacial score (nSPS) is 17.3. The Labute approximate surface area is 161 Å². The molecule has 1 fully saturated rings. The summed E-state index contributed by atoms with van der Waals surface area (Å²) in [4.78, 5) is 15.4. The quantitative estimate of drug-likeness (QED) is 0.583. The van der Waals surface area contributed by atoms with Crippen LogP contribution in [0.1, 0.15) is 89.3 Å². The number of hydrogen-bond acceptors (Lipinski definition) is 6. The molecular formula is C18H31N3O5S. The van der Waals surface area contributed by atoms with Crippen LogP contribution in [0.4, 0.5) is 0 Å². The Morgan fingerprint density at radius 1 is 1.30 bits per heavy atom. The number of aliphatic carboxylic acids is 1. The van der Waals surface area contributed by atoms with Crippen LogP contribution in [0, 0.1) is 5.92 Å². The van der Waals surface area contributed by atoms with Gasteiger partial charge < -0.3 is 9.63 Å². The minimum absolute atomic E-state index is 0.0636. The highest BCUT2D eigenvalue weighted by Crippen LogP contribution is 2.31. The highest BCUT2D eigenvalue weighted by Gasteiger charge is 2.24. The van der Waals surface area contributed by atoms with Gasteiger partial charge in [-0.2, -0.15) is 4.98 Å². The van der Waals surface area contributed by atoms with Crippen LogP contribution in [0.2, 0.25) is 0 Å². The van der Waals surface area contributed by atoms with E-state index in [1.165, 1.54) is 32.1 Å². The molecule has 0 saturated heterocycles. The van der Waals surface area contributed by atoms with Gasteiger partial charge in [0.15, 0.2) is 5.82 Å². The van der Waals surface area contributed by atoms with Gasteiger partial charge >= 0.3 is 5.97 Å². The molecule has 0 radical (unpaired) electrons. The van der Waals surface area contributed by atoms with Crippen LogP contribution in [-0.2, 0) is 21.4 Å². The third kappa shape index (κ3) is 7.21. The summed E-state index contributed by atoms with van der Waals surface area (Å²) in [6, 6.07) is 0. The molecule has 2 N–H and O–H groups in total. The van der Waals surface area contributed by atoms with Gasteiger partial charge in [0.25, 0.3) is 0 Å². The van der Waals surface area contributed by atoms with Crippen molar-refractivity contribution >= 4 is 16.0 Å². The summed E-state index contributed by atoms with van der Waals surface area (Å²) in [5.74, 6) is -0.00317. The Hall–Kier alpha value is -1.48. The van der Waals surface area contributed by atoms with Crippen LogP contribution in [-0.4, -0.2) is 34.9 Å². The first-order valence-corrected chi connectivity index (χ1v) is 11.4. The molecule has 0 spiro atoms. The standard InChI is InChI=1S/C18H31N3O5S/c1-13(2)27(24,25)19-12-16-20-18(26-21-16)15(11-17(22)23)10-6-9-14-7-4-3-5-8-14/h13-15,19H,3-12H2,1-2H3,(H,22,23)/t15-/m0/s1. The maximum Gasteiger partial charge on any atom is 0.304 e. The first kappa shape index (κ1) is 21.8. The van der Waals surface area contributed by atoms with E-state index in [0.29, 0.717) is 6.42 Å². The van der Waals surface area contributed by atoms with E-state index in [1.54, 1.807) is 13.8 Å². The van der Waals surface area contributed by atoms with E-state index in [9.17, 15) is 18.3 Å². The van der Waals surface area contributed by atoms with Crippen molar-refractivity contribution in [3.8, 4) is 0 Å². The van der Waals surface area contributed by atoms with Crippen LogP contribution in [0.25, 0.3) is 0 Å². The Kier molecular flexibility index (Phi) is 8.22. The molecular weight excluding hydrogens is 370 g/mol. The van der Waals surface area contributed by atoms with Gasteiger partial charge in [0, 0.05) is 5.92 Å². The van der Waals surface area contributed by atoms with Gasteiger partial charge in [-0.05, 0) is 26.2 Å². The molecule has 154 valence electrons. The number of nitrogens with zero attached hydrogens (tertiary/aromatic N) is 2. The molecule has 1 aliphatic rings. The zero-order chi connectivity index (χ0) is 19.9. The molecule has 1 aromatic rings. The Balaban J connectivity index is 1.91. The fourth-order valence-corrected chi connectivity index (χ4v) is 4.15. The topological polar surface area (TPSA) is 122 Å². The molecule has 1 atom stereocenters. The molecule has 0 unspecified atom stereocenters. The predicted octanol–water partition coefficient (Wildman–Crippen LogP) is 3.21. The zero-order valence-electron chi connectivity index (χ0n) is 16.2. The lowest BCUT2D eigenvalue weighted by molar-refractivity contribution is -0.137. The van der Waals surface area contributed by atoms with Crippen LogP contribution in [0.3, 0.4) is 0 Å². The number of sulfonamides is 1. The number of rotatable bonds is 11. The number of hydrogen-bond donors (Lipinski definition) is 2. The molecule has 1 saturated carbocycles. The Morgan fingerprint density at radius 3 is 2.63 bits per heavy atom. The van der Waals surface area contributed by atoms with Crippen LogP contribution < -0.4 is 4.72 Å². The van der Waals surface area contributed by atoms with Crippen molar-refractivity contribution < 1.29 is 22.8 Å². The molecule has 0 bridgehead atoms. The molecule has 1 heterocycles. The molecule has 1 aliphatic carbocycles. The number of carboxylic acids is 1. The summed E-state index contributed by atoms with van der Waals surface area (Å²) in [7, 11) is -3.42. The summed E-state index contributed by atoms with van der Waals surface area (Å²) >= 11 is 0. The second kappa shape index (κ2) is 10.2. The fraction of sp³-hybridized carbons (Fsp3) is 0.833. The van der Waals surface area contributed by atoms with Crippen molar-refractivity contribution in [3.05, 3.63) is 11.7 Å². The van der Waals surface area contributed by atoms with E-state index in [1.807, 2.05) is 0 Å². The minimum Gasteiger partial charge on any atom is -0.481 e. The molecule has 27 heavy (non-hydrogen) atoms. The number of nitrogens with one attached hydrogen (secondary N) is 1. The summed E-state index contributed by atoms with van der Waals surface area (Å²) in [6.07, 6.45) is 9.10. The second-order valence-corrected chi connectivity index (χ2v) is 10.0. The Bertz CT molecular complexity index is 696. The lowest BCUT2D eigenvalue weighted by atomic mass is 9.84. The van der Waals surface area contributed by atoms with E-state index in [2.05, 4.69) is 14.9 Å². The number of carboxylic acid groups (broad SMARTS) is 1. The van der Waals surface area contributed by atoms with Gasteiger partial charge in [0.1, 0.15) is 0 Å². The second-order valence-electron chi connectivity index (χ2n) is 7.69. The fourth-order valence-electron chi connectivity index (χ4n) is 3.49. The SMILES string of the molecule is CC(C)S(=O)(=O)NCc1noc([C@@H](CCCC2CCCCC2)CC(=O)O)n1. The van der Waals surface area contributed by atoms with Crippen molar-refractivity contribution in [2.45, 2.75) is 89.3 Å². The first-order valence-electron chi connectivity index (χ1n) is 9.80. The highest BCUT2D eigenvalue weighted by molar-refractivity contribution is 7.90. The van der Waals surface area contributed by atoms with Crippen LogP contribution >= 0.6 is 0 Å².